The van der Waals surface area contributed by atoms with Crippen molar-refractivity contribution >= 4 is 10.0 Å². The van der Waals surface area contributed by atoms with Crippen LogP contribution in [0.1, 0.15) is 32.8 Å². The summed E-state index contributed by atoms with van der Waals surface area (Å²) in [6.07, 6.45) is 3.92. The average molecular weight is 245 g/mol. The molecule has 5 nitrogen and oxygen atoms in total. The van der Waals surface area contributed by atoms with Crippen LogP contribution in [-0.4, -0.2) is 24.4 Å². The summed E-state index contributed by atoms with van der Waals surface area (Å²) in [5, 5.41) is 6.39. The van der Waals surface area contributed by atoms with Gasteiger partial charge in [0.25, 0.3) is 0 Å². The van der Waals surface area contributed by atoms with E-state index < -0.39 is 10.0 Å². The lowest BCUT2D eigenvalue weighted by Crippen LogP contribution is -2.27. The van der Waals surface area contributed by atoms with Gasteiger partial charge in [0.2, 0.25) is 10.0 Å². The molecule has 92 valence electrons. The van der Waals surface area contributed by atoms with Gasteiger partial charge >= 0.3 is 0 Å². The molecule has 0 aromatic carbocycles. The second kappa shape index (κ2) is 4.97. The van der Waals surface area contributed by atoms with Crippen LogP contribution in [0.25, 0.3) is 0 Å². The molecule has 6 heteroatoms. The molecule has 0 fully saturated rings. The molecule has 0 spiro atoms. The summed E-state index contributed by atoms with van der Waals surface area (Å²) in [5.74, 6) is 0.161. The SMILES string of the molecule is CC(C)(C)CCS(=O)(=O)NCc1cn[nH]c1. The molecule has 0 atom stereocenters. The van der Waals surface area contributed by atoms with E-state index >= 15 is 0 Å². The largest absolute Gasteiger partial charge is 0.285 e. The summed E-state index contributed by atoms with van der Waals surface area (Å²) in [6, 6.07) is 0. The van der Waals surface area contributed by atoms with Crippen molar-refractivity contribution in [1.82, 2.24) is 14.9 Å². The highest BCUT2D eigenvalue weighted by Crippen LogP contribution is 2.18. The van der Waals surface area contributed by atoms with Gasteiger partial charge < -0.3 is 0 Å². The Bertz CT molecular complexity index is 404. The molecule has 16 heavy (non-hydrogen) atoms. The Hall–Kier alpha value is -0.880. The number of aromatic nitrogens is 2. The average Bonchev–Trinajstić information content (AvgIpc) is 2.64. The quantitative estimate of drug-likeness (QED) is 0.820. The van der Waals surface area contributed by atoms with E-state index in [0.29, 0.717) is 13.0 Å². The second-order valence-electron chi connectivity index (χ2n) is 5.06. The summed E-state index contributed by atoms with van der Waals surface area (Å²) in [4.78, 5) is 0. The number of nitrogens with zero attached hydrogens (tertiary/aromatic N) is 1. The van der Waals surface area contributed by atoms with Crippen molar-refractivity contribution in [3.8, 4) is 0 Å². The molecule has 1 rings (SSSR count). The molecular formula is C10H19N3O2S. The van der Waals surface area contributed by atoms with Crippen LogP contribution in [0.5, 0.6) is 0 Å². The number of hydrogen-bond acceptors (Lipinski definition) is 3. The highest BCUT2D eigenvalue weighted by atomic mass is 32.2. The number of hydrogen-bond donors (Lipinski definition) is 2. The fraction of sp³-hybridized carbons (Fsp3) is 0.700. The topological polar surface area (TPSA) is 74.8 Å². The molecule has 0 unspecified atom stereocenters. The van der Waals surface area contributed by atoms with E-state index in [1.807, 2.05) is 20.8 Å². The maximum Gasteiger partial charge on any atom is 0.211 e. The van der Waals surface area contributed by atoms with Crippen LogP contribution in [0.2, 0.25) is 0 Å². The smallest absolute Gasteiger partial charge is 0.211 e. The number of sulfonamides is 1. The van der Waals surface area contributed by atoms with E-state index in [0.717, 1.165) is 5.56 Å². The molecule has 0 bridgehead atoms. The molecule has 0 radical (unpaired) electrons. The van der Waals surface area contributed by atoms with Crippen molar-refractivity contribution in [2.45, 2.75) is 33.7 Å². The summed E-state index contributed by atoms with van der Waals surface area (Å²) in [6.45, 7) is 6.37. The summed E-state index contributed by atoms with van der Waals surface area (Å²) < 4.78 is 25.8. The van der Waals surface area contributed by atoms with Crippen molar-refractivity contribution in [3.05, 3.63) is 18.0 Å². The number of aromatic amines is 1. The van der Waals surface area contributed by atoms with Crippen molar-refractivity contribution in [1.29, 1.82) is 0 Å². The number of H-pyrrole nitrogens is 1. The summed E-state index contributed by atoms with van der Waals surface area (Å²) in [5.41, 5.74) is 0.865. The number of nitrogens with one attached hydrogen (secondary N) is 2. The Morgan fingerprint density at radius 1 is 1.44 bits per heavy atom. The minimum atomic E-state index is -3.18. The van der Waals surface area contributed by atoms with E-state index in [4.69, 9.17) is 0 Å². The Balaban J connectivity index is 2.41. The first kappa shape index (κ1) is 13.2. The van der Waals surface area contributed by atoms with E-state index in [2.05, 4.69) is 14.9 Å². The third-order valence-corrected chi connectivity index (χ3v) is 3.50. The molecule has 2 N–H and O–H groups in total. The highest BCUT2D eigenvalue weighted by Gasteiger charge is 2.16. The monoisotopic (exact) mass is 245 g/mol. The molecule has 0 aliphatic rings. The van der Waals surface area contributed by atoms with E-state index in [9.17, 15) is 8.42 Å². The minimum Gasteiger partial charge on any atom is -0.285 e. The highest BCUT2D eigenvalue weighted by molar-refractivity contribution is 7.89. The van der Waals surface area contributed by atoms with Gasteiger partial charge in [0, 0.05) is 18.3 Å². The Kier molecular flexibility index (Phi) is 4.09. The fourth-order valence-electron chi connectivity index (χ4n) is 1.08. The lowest BCUT2D eigenvalue weighted by Gasteiger charge is -2.17. The van der Waals surface area contributed by atoms with Crippen LogP contribution in [-0.2, 0) is 16.6 Å². The summed E-state index contributed by atoms with van der Waals surface area (Å²) >= 11 is 0. The molecule has 0 amide bonds. The van der Waals surface area contributed by atoms with E-state index in [1.165, 1.54) is 0 Å². The Labute approximate surface area is 96.7 Å². The van der Waals surface area contributed by atoms with Crippen molar-refractivity contribution in [2.75, 3.05) is 5.75 Å². The van der Waals surface area contributed by atoms with Gasteiger partial charge in [0.15, 0.2) is 0 Å². The van der Waals surface area contributed by atoms with Gasteiger partial charge in [-0.05, 0) is 11.8 Å². The van der Waals surface area contributed by atoms with Crippen LogP contribution in [0.4, 0.5) is 0 Å². The van der Waals surface area contributed by atoms with Gasteiger partial charge in [-0.25, -0.2) is 13.1 Å². The van der Waals surface area contributed by atoms with Crippen LogP contribution in [0, 0.1) is 5.41 Å². The first-order chi connectivity index (χ1) is 7.29. The van der Waals surface area contributed by atoms with Gasteiger partial charge in [-0.3, -0.25) is 5.10 Å². The predicted octanol–water partition coefficient (Wildman–Crippen LogP) is 1.27. The molecule has 1 heterocycles. The van der Waals surface area contributed by atoms with Gasteiger partial charge in [0.05, 0.1) is 11.9 Å². The van der Waals surface area contributed by atoms with Crippen LogP contribution < -0.4 is 4.72 Å². The van der Waals surface area contributed by atoms with Crippen molar-refractivity contribution in [3.63, 3.8) is 0 Å². The maximum atomic E-state index is 11.6. The van der Waals surface area contributed by atoms with Gasteiger partial charge in [-0.15, -0.1) is 0 Å². The van der Waals surface area contributed by atoms with E-state index in [1.54, 1.807) is 12.4 Å². The first-order valence-corrected chi connectivity index (χ1v) is 6.89. The normalized spacial score (nSPS) is 12.9. The van der Waals surface area contributed by atoms with Crippen LogP contribution in [0.15, 0.2) is 12.4 Å². The Morgan fingerprint density at radius 2 is 2.12 bits per heavy atom. The molecule has 0 saturated heterocycles. The van der Waals surface area contributed by atoms with Gasteiger partial charge in [-0.2, -0.15) is 5.10 Å². The maximum absolute atomic E-state index is 11.6. The second-order valence-corrected chi connectivity index (χ2v) is 6.98. The lowest BCUT2D eigenvalue weighted by atomic mass is 9.94. The van der Waals surface area contributed by atoms with Crippen molar-refractivity contribution < 1.29 is 8.42 Å². The molecule has 1 aromatic rings. The van der Waals surface area contributed by atoms with Gasteiger partial charge in [-0.1, -0.05) is 20.8 Å². The third kappa shape index (κ3) is 5.27. The molecule has 0 aliphatic heterocycles. The zero-order chi connectivity index (χ0) is 12.2. The van der Waals surface area contributed by atoms with Gasteiger partial charge in [0.1, 0.15) is 0 Å². The lowest BCUT2D eigenvalue weighted by molar-refractivity contribution is 0.396. The third-order valence-electron chi connectivity index (χ3n) is 2.17. The van der Waals surface area contributed by atoms with Crippen LogP contribution in [0.3, 0.4) is 0 Å². The van der Waals surface area contributed by atoms with Crippen LogP contribution >= 0.6 is 0 Å². The fourth-order valence-corrected chi connectivity index (χ4v) is 2.49. The molecule has 1 aromatic heterocycles. The zero-order valence-electron chi connectivity index (χ0n) is 9.95. The summed E-state index contributed by atoms with van der Waals surface area (Å²) in [7, 11) is -3.18. The van der Waals surface area contributed by atoms with E-state index in [-0.39, 0.29) is 11.2 Å². The Morgan fingerprint density at radius 3 is 2.62 bits per heavy atom. The molecular weight excluding hydrogens is 226 g/mol. The predicted molar refractivity (Wildman–Crippen MR) is 63.3 cm³/mol. The minimum absolute atomic E-state index is 0.0321. The number of rotatable bonds is 5. The standard InChI is InChI=1S/C10H19N3O2S/c1-10(2,3)4-5-16(14,15)13-8-9-6-11-12-7-9/h6-7,13H,4-5,8H2,1-3H3,(H,11,12). The molecule has 0 aliphatic carbocycles. The molecule has 0 saturated carbocycles. The first-order valence-electron chi connectivity index (χ1n) is 5.23. The van der Waals surface area contributed by atoms with Crippen molar-refractivity contribution in [2.24, 2.45) is 5.41 Å². The zero-order valence-corrected chi connectivity index (χ0v) is 10.8.